The van der Waals surface area contributed by atoms with Gasteiger partial charge in [0.15, 0.2) is 0 Å². The van der Waals surface area contributed by atoms with Gasteiger partial charge in [0, 0.05) is 5.69 Å². The van der Waals surface area contributed by atoms with Crippen LogP contribution in [0.3, 0.4) is 0 Å². The molecule has 0 unspecified atom stereocenters. The fourth-order valence-corrected chi connectivity index (χ4v) is 2.18. The first-order chi connectivity index (χ1) is 12.7. The van der Waals surface area contributed by atoms with E-state index in [1.54, 1.807) is 55.6 Å². The van der Waals surface area contributed by atoms with E-state index >= 15 is 0 Å². The van der Waals surface area contributed by atoms with Crippen LogP contribution in [0.25, 0.3) is 6.08 Å². The van der Waals surface area contributed by atoms with E-state index in [1.165, 1.54) is 6.08 Å². The van der Waals surface area contributed by atoms with Gasteiger partial charge in [-0.25, -0.2) is 0 Å². The Balaban J connectivity index is 2.02. The Morgan fingerprint density at radius 3 is 2.35 bits per heavy atom. The quantitative estimate of drug-likeness (QED) is 0.434. The number of ether oxygens (including phenoxy) is 2. The standard InChI is InChI=1S/C21H22N2O3/c1-3-4-13-26-20-11-7-18(8-12-20)23-21(24)17(15-22)14-16-5-9-19(25-2)10-6-16/h5-12,14H,3-4,13H2,1-2H3,(H,23,24)/b17-14-. The fourth-order valence-electron chi connectivity index (χ4n) is 2.18. The van der Waals surface area contributed by atoms with Crippen LogP contribution in [-0.4, -0.2) is 19.6 Å². The molecule has 0 aliphatic rings. The summed E-state index contributed by atoms with van der Waals surface area (Å²) in [5.41, 5.74) is 1.38. The van der Waals surface area contributed by atoms with E-state index in [0.717, 1.165) is 24.2 Å². The van der Waals surface area contributed by atoms with Gasteiger partial charge in [-0.05, 0) is 54.5 Å². The Labute approximate surface area is 153 Å². The molecule has 2 aromatic carbocycles. The second-order valence-corrected chi connectivity index (χ2v) is 5.62. The molecule has 0 fully saturated rings. The molecule has 2 aromatic rings. The normalized spacial score (nSPS) is 10.7. The lowest BCUT2D eigenvalue weighted by atomic mass is 10.1. The van der Waals surface area contributed by atoms with Gasteiger partial charge in [-0.2, -0.15) is 5.26 Å². The number of carbonyl (C=O) groups is 1. The van der Waals surface area contributed by atoms with E-state index in [4.69, 9.17) is 9.47 Å². The number of hydrogen-bond donors (Lipinski definition) is 1. The fraction of sp³-hybridized carbons (Fsp3) is 0.238. The van der Waals surface area contributed by atoms with Gasteiger partial charge in [0.05, 0.1) is 13.7 Å². The maximum atomic E-state index is 12.3. The molecule has 0 bridgehead atoms. The number of hydrogen-bond acceptors (Lipinski definition) is 4. The van der Waals surface area contributed by atoms with Crippen molar-refractivity contribution < 1.29 is 14.3 Å². The van der Waals surface area contributed by atoms with Crippen LogP contribution in [0.4, 0.5) is 5.69 Å². The summed E-state index contributed by atoms with van der Waals surface area (Å²) in [6, 6.07) is 16.1. The number of amides is 1. The van der Waals surface area contributed by atoms with Gasteiger partial charge in [0.25, 0.3) is 5.91 Å². The Bertz CT molecular complexity index is 788. The lowest BCUT2D eigenvalue weighted by Gasteiger charge is -2.08. The maximum Gasteiger partial charge on any atom is 0.266 e. The topological polar surface area (TPSA) is 71.3 Å². The van der Waals surface area contributed by atoms with Crippen LogP contribution in [0.15, 0.2) is 54.1 Å². The molecule has 0 atom stereocenters. The molecular weight excluding hydrogens is 328 g/mol. The number of methoxy groups -OCH3 is 1. The first-order valence-electron chi connectivity index (χ1n) is 8.46. The summed E-state index contributed by atoms with van der Waals surface area (Å²) >= 11 is 0. The zero-order valence-corrected chi connectivity index (χ0v) is 15.0. The molecule has 5 heteroatoms. The zero-order valence-electron chi connectivity index (χ0n) is 15.0. The average Bonchev–Trinajstić information content (AvgIpc) is 2.68. The lowest BCUT2D eigenvalue weighted by molar-refractivity contribution is -0.112. The van der Waals surface area contributed by atoms with Crippen LogP contribution in [0.5, 0.6) is 11.5 Å². The largest absolute Gasteiger partial charge is 0.497 e. The minimum absolute atomic E-state index is 0.0263. The monoisotopic (exact) mass is 350 g/mol. The number of nitrogens with zero attached hydrogens (tertiary/aromatic N) is 1. The van der Waals surface area contributed by atoms with Gasteiger partial charge in [-0.15, -0.1) is 0 Å². The minimum atomic E-state index is -0.456. The minimum Gasteiger partial charge on any atom is -0.497 e. The summed E-state index contributed by atoms with van der Waals surface area (Å²) in [5.74, 6) is 1.01. The molecule has 5 nitrogen and oxygen atoms in total. The van der Waals surface area contributed by atoms with Crippen molar-refractivity contribution >= 4 is 17.7 Å². The van der Waals surface area contributed by atoms with E-state index in [2.05, 4.69) is 12.2 Å². The number of nitrogens with one attached hydrogen (secondary N) is 1. The highest BCUT2D eigenvalue weighted by molar-refractivity contribution is 6.09. The second-order valence-electron chi connectivity index (χ2n) is 5.62. The molecule has 0 saturated heterocycles. The average molecular weight is 350 g/mol. The van der Waals surface area contributed by atoms with Crippen LogP contribution in [0.2, 0.25) is 0 Å². The highest BCUT2D eigenvalue weighted by Crippen LogP contribution is 2.18. The summed E-state index contributed by atoms with van der Waals surface area (Å²) < 4.78 is 10.7. The highest BCUT2D eigenvalue weighted by Gasteiger charge is 2.09. The van der Waals surface area contributed by atoms with Crippen molar-refractivity contribution in [3.05, 3.63) is 59.7 Å². The molecule has 0 aliphatic heterocycles. The zero-order chi connectivity index (χ0) is 18.8. The molecule has 2 rings (SSSR count). The van der Waals surface area contributed by atoms with Crippen LogP contribution in [-0.2, 0) is 4.79 Å². The van der Waals surface area contributed by atoms with E-state index in [0.29, 0.717) is 18.0 Å². The predicted molar refractivity (Wildman–Crippen MR) is 102 cm³/mol. The van der Waals surface area contributed by atoms with Crippen molar-refractivity contribution in [3.63, 3.8) is 0 Å². The smallest absolute Gasteiger partial charge is 0.266 e. The third kappa shape index (κ3) is 5.67. The Morgan fingerprint density at radius 2 is 1.77 bits per heavy atom. The van der Waals surface area contributed by atoms with E-state index < -0.39 is 5.91 Å². The molecule has 0 radical (unpaired) electrons. The van der Waals surface area contributed by atoms with E-state index in [-0.39, 0.29) is 5.57 Å². The van der Waals surface area contributed by atoms with Crippen molar-refractivity contribution in [2.45, 2.75) is 19.8 Å². The second kappa shape index (κ2) is 9.90. The van der Waals surface area contributed by atoms with Gasteiger partial charge in [-0.3, -0.25) is 4.79 Å². The summed E-state index contributed by atoms with van der Waals surface area (Å²) in [6.07, 6.45) is 3.61. The number of carbonyl (C=O) groups excluding carboxylic acids is 1. The lowest BCUT2D eigenvalue weighted by Crippen LogP contribution is -2.13. The van der Waals surface area contributed by atoms with Gasteiger partial charge < -0.3 is 14.8 Å². The van der Waals surface area contributed by atoms with Gasteiger partial charge in [0.2, 0.25) is 0 Å². The van der Waals surface area contributed by atoms with Crippen molar-refractivity contribution in [2.24, 2.45) is 0 Å². The Morgan fingerprint density at radius 1 is 1.12 bits per heavy atom. The SMILES string of the molecule is CCCCOc1ccc(NC(=O)/C(C#N)=C\c2ccc(OC)cc2)cc1. The highest BCUT2D eigenvalue weighted by atomic mass is 16.5. The summed E-state index contributed by atoms with van der Waals surface area (Å²) in [6.45, 7) is 2.78. The van der Waals surface area contributed by atoms with Crippen LogP contribution in [0.1, 0.15) is 25.3 Å². The molecule has 0 heterocycles. The van der Waals surface area contributed by atoms with Crippen LogP contribution in [0, 0.1) is 11.3 Å². The first kappa shape index (κ1) is 19.1. The summed E-state index contributed by atoms with van der Waals surface area (Å²) in [4.78, 5) is 12.3. The number of anilines is 1. The molecule has 0 aromatic heterocycles. The molecule has 0 aliphatic carbocycles. The molecule has 0 saturated carbocycles. The first-order valence-corrected chi connectivity index (χ1v) is 8.46. The molecule has 0 spiro atoms. The molecule has 1 amide bonds. The number of rotatable bonds is 8. The van der Waals surface area contributed by atoms with Crippen molar-refractivity contribution in [2.75, 3.05) is 19.0 Å². The van der Waals surface area contributed by atoms with Crippen LogP contribution >= 0.6 is 0 Å². The summed E-state index contributed by atoms with van der Waals surface area (Å²) in [7, 11) is 1.58. The molecular formula is C21H22N2O3. The van der Waals surface area contributed by atoms with Crippen molar-refractivity contribution in [1.29, 1.82) is 5.26 Å². The number of benzene rings is 2. The summed E-state index contributed by atoms with van der Waals surface area (Å²) in [5, 5.41) is 12.0. The van der Waals surface area contributed by atoms with Gasteiger partial charge in [0.1, 0.15) is 23.1 Å². The van der Waals surface area contributed by atoms with Gasteiger partial charge in [-0.1, -0.05) is 25.5 Å². The maximum absolute atomic E-state index is 12.3. The van der Waals surface area contributed by atoms with Crippen molar-refractivity contribution in [3.8, 4) is 17.6 Å². The number of unbranched alkanes of at least 4 members (excludes halogenated alkanes) is 1. The molecule has 134 valence electrons. The van der Waals surface area contributed by atoms with Gasteiger partial charge >= 0.3 is 0 Å². The van der Waals surface area contributed by atoms with E-state index in [9.17, 15) is 10.1 Å². The number of nitriles is 1. The van der Waals surface area contributed by atoms with E-state index in [1.807, 2.05) is 6.07 Å². The predicted octanol–water partition coefficient (Wildman–Crippen LogP) is 4.42. The molecule has 1 N–H and O–H groups in total. The molecule has 26 heavy (non-hydrogen) atoms. The third-order valence-corrected chi connectivity index (χ3v) is 3.67. The Kier molecular flexibility index (Phi) is 7.26. The van der Waals surface area contributed by atoms with Crippen LogP contribution < -0.4 is 14.8 Å². The third-order valence-electron chi connectivity index (χ3n) is 3.67. The Hall–Kier alpha value is -3.26. The van der Waals surface area contributed by atoms with Crippen molar-refractivity contribution in [1.82, 2.24) is 0 Å².